The Bertz CT molecular complexity index is 766. The zero-order chi connectivity index (χ0) is 14.9. The standard InChI is InChI=1S/C13H9ClO5S/c14-8-1-3-9(4-2-8)20(18,19)10-5-6-12(15)11(7-10)13(16)17/h1-7,15H,(H,16,17). The number of benzene rings is 2. The molecule has 2 N–H and O–H groups in total. The molecule has 0 aliphatic carbocycles. The monoisotopic (exact) mass is 312 g/mol. The number of aromatic carboxylic acids is 1. The third-order valence-electron chi connectivity index (χ3n) is 2.63. The van der Waals surface area contributed by atoms with Crippen LogP contribution in [0.2, 0.25) is 5.02 Å². The number of phenols is 1. The maximum absolute atomic E-state index is 12.3. The Morgan fingerprint density at radius 2 is 1.55 bits per heavy atom. The fraction of sp³-hybridized carbons (Fsp3) is 0. The molecule has 0 aliphatic rings. The van der Waals surface area contributed by atoms with Gasteiger partial charge in [-0.2, -0.15) is 0 Å². The zero-order valence-corrected chi connectivity index (χ0v) is 11.5. The van der Waals surface area contributed by atoms with Crippen LogP contribution in [0.25, 0.3) is 0 Å². The van der Waals surface area contributed by atoms with E-state index in [4.69, 9.17) is 16.7 Å². The van der Waals surface area contributed by atoms with Crippen LogP contribution in [0.1, 0.15) is 10.4 Å². The Morgan fingerprint density at radius 3 is 2.10 bits per heavy atom. The molecular weight excluding hydrogens is 304 g/mol. The summed E-state index contributed by atoms with van der Waals surface area (Å²) in [6, 6.07) is 8.59. The average Bonchev–Trinajstić information content (AvgIpc) is 2.39. The van der Waals surface area contributed by atoms with Crippen molar-refractivity contribution in [1.29, 1.82) is 0 Å². The minimum atomic E-state index is -3.86. The summed E-state index contributed by atoms with van der Waals surface area (Å²) in [7, 11) is -3.86. The van der Waals surface area contributed by atoms with Gasteiger partial charge in [-0.15, -0.1) is 0 Å². The molecule has 0 radical (unpaired) electrons. The van der Waals surface area contributed by atoms with Crippen molar-refractivity contribution >= 4 is 27.4 Å². The summed E-state index contributed by atoms with van der Waals surface area (Å²) in [5, 5.41) is 18.7. The van der Waals surface area contributed by atoms with Crippen LogP contribution in [-0.2, 0) is 9.84 Å². The van der Waals surface area contributed by atoms with E-state index in [1.165, 1.54) is 24.3 Å². The molecule has 0 heterocycles. The van der Waals surface area contributed by atoms with Gasteiger partial charge in [-0.3, -0.25) is 0 Å². The SMILES string of the molecule is O=C(O)c1cc(S(=O)(=O)c2ccc(Cl)cc2)ccc1O. The van der Waals surface area contributed by atoms with Crippen molar-refractivity contribution in [1.82, 2.24) is 0 Å². The number of carboxylic acid groups (broad SMARTS) is 1. The van der Waals surface area contributed by atoms with Crippen molar-refractivity contribution in [2.24, 2.45) is 0 Å². The van der Waals surface area contributed by atoms with Crippen molar-refractivity contribution in [2.75, 3.05) is 0 Å². The minimum absolute atomic E-state index is 0.0103. The third kappa shape index (κ3) is 2.61. The summed E-state index contributed by atoms with van der Waals surface area (Å²) < 4.78 is 24.6. The van der Waals surface area contributed by atoms with Gasteiger partial charge >= 0.3 is 5.97 Å². The summed E-state index contributed by atoms with van der Waals surface area (Å²) in [6.45, 7) is 0. The van der Waals surface area contributed by atoms with Gasteiger partial charge < -0.3 is 10.2 Å². The maximum Gasteiger partial charge on any atom is 0.339 e. The molecular formula is C13H9ClO5S. The second-order valence-corrected chi connectivity index (χ2v) is 6.33. The first kappa shape index (κ1) is 14.4. The molecule has 0 amide bonds. The van der Waals surface area contributed by atoms with Crippen molar-refractivity contribution in [3.8, 4) is 5.75 Å². The van der Waals surface area contributed by atoms with Crippen LogP contribution in [0.4, 0.5) is 0 Å². The van der Waals surface area contributed by atoms with Crippen LogP contribution in [0.5, 0.6) is 5.75 Å². The average molecular weight is 313 g/mol. The highest BCUT2D eigenvalue weighted by molar-refractivity contribution is 7.91. The third-order valence-corrected chi connectivity index (χ3v) is 4.65. The smallest absolute Gasteiger partial charge is 0.339 e. The molecule has 2 rings (SSSR count). The number of carbonyl (C=O) groups is 1. The molecule has 0 unspecified atom stereocenters. The summed E-state index contributed by atoms with van der Waals surface area (Å²) in [5.41, 5.74) is -0.472. The van der Waals surface area contributed by atoms with Crippen molar-refractivity contribution in [3.05, 3.63) is 53.1 Å². The molecule has 0 spiro atoms. The van der Waals surface area contributed by atoms with E-state index in [0.717, 1.165) is 18.2 Å². The maximum atomic E-state index is 12.3. The number of sulfone groups is 1. The van der Waals surface area contributed by atoms with E-state index in [0.29, 0.717) is 5.02 Å². The fourth-order valence-electron chi connectivity index (χ4n) is 1.60. The molecule has 0 bridgehead atoms. The van der Waals surface area contributed by atoms with Gasteiger partial charge in [-0.05, 0) is 42.5 Å². The van der Waals surface area contributed by atoms with E-state index in [1.807, 2.05) is 0 Å². The van der Waals surface area contributed by atoms with Crippen LogP contribution >= 0.6 is 11.6 Å². The number of aromatic hydroxyl groups is 1. The van der Waals surface area contributed by atoms with E-state index in [2.05, 4.69) is 0 Å². The molecule has 0 aromatic heterocycles. The molecule has 0 aliphatic heterocycles. The predicted molar refractivity (Wildman–Crippen MR) is 72.0 cm³/mol. The van der Waals surface area contributed by atoms with Crippen LogP contribution in [0.15, 0.2) is 52.3 Å². The van der Waals surface area contributed by atoms with Gasteiger partial charge in [0.05, 0.1) is 9.79 Å². The van der Waals surface area contributed by atoms with Crippen LogP contribution in [0.3, 0.4) is 0 Å². The number of rotatable bonds is 3. The molecule has 0 saturated heterocycles. The molecule has 7 heteroatoms. The van der Waals surface area contributed by atoms with E-state index in [-0.39, 0.29) is 9.79 Å². The van der Waals surface area contributed by atoms with Crippen LogP contribution in [-0.4, -0.2) is 24.6 Å². The van der Waals surface area contributed by atoms with Gasteiger partial charge in [0.15, 0.2) is 0 Å². The molecule has 5 nitrogen and oxygen atoms in total. The first-order valence-electron chi connectivity index (χ1n) is 5.39. The summed E-state index contributed by atoms with van der Waals surface area (Å²) in [6.07, 6.45) is 0. The Hall–Kier alpha value is -2.05. The van der Waals surface area contributed by atoms with Gasteiger partial charge in [0.25, 0.3) is 0 Å². The molecule has 0 atom stereocenters. The van der Waals surface area contributed by atoms with E-state index >= 15 is 0 Å². The second kappa shape index (κ2) is 5.15. The van der Waals surface area contributed by atoms with E-state index in [1.54, 1.807) is 0 Å². The number of hydrogen-bond acceptors (Lipinski definition) is 4. The molecule has 20 heavy (non-hydrogen) atoms. The Kier molecular flexibility index (Phi) is 3.69. The highest BCUT2D eigenvalue weighted by atomic mass is 35.5. The first-order chi connectivity index (χ1) is 9.32. The van der Waals surface area contributed by atoms with E-state index in [9.17, 15) is 18.3 Å². The van der Waals surface area contributed by atoms with Gasteiger partial charge in [-0.1, -0.05) is 11.6 Å². The van der Waals surface area contributed by atoms with Crippen molar-refractivity contribution in [3.63, 3.8) is 0 Å². The Labute approximate surface area is 120 Å². The van der Waals surface area contributed by atoms with Gasteiger partial charge in [0.1, 0.15) is 11.3 Å². The lowest BCUT2D eigenvalue weighted by Crippen LogP contribution is -2.05. The highest BCUT2D eigenvalue weighted by Gasteiger charge is 2.20. The highest BCUT2D eigenvalue weighted by Crippen LogP contribution is 2.26. The molecule has 2 aromatic carbocycles. The lowest BCUT2D eigenvalue weighted by molar-refractivity contribution is 0.0693. The van der Waals surface area contributed by atoms with Crippen LogP contribution in [0, 0.1) is 0 Å². The predicted octanol–water partition coefficient (Wildman–Crippen LogP) is 2.58. The number of carboxylic acids is 1. The fourth-order valence-corrected chi connectivity index (χ4v) is 3.02. The van der Waals surface area contributed by atoms with Crippen LogP contribution < -0.4 is 0 Å². The molecule has 0 saturated carbocycles. The van der Waals surface area contributed by atoms with Crippen molar-refractivity contribution in [2.45, 2.75) is 9.79 Å². The molecule has 2 aromatic rings. The van der Waals surface area contributed by atoms with E-state index < -0.39 is 27.1 Å². The first-order valence-corrected chi connectivity index (χ1v) is 7.25. The minimum Gasteiger partial charge on any atom is -0.507 e. The zero-order valence-electron chi connectivity index (χ0n) is 9.95. The molecule has 0 fully saturated rings. The summed E-state index contributed by atoms with van der Waals surface area (Å²) in [5.74, 6) is -1.90. The molecule has 104 valence electrons. The lowest BCUT2D eigenvalue weighted by Gasteiger charge is -2.07. The summed E-state index contributed by atoms with van der Waals surface area (Å²) >= 11 is 5.69. The van der Waals surface area contributed by atoms with Gasteiger partial charge in [0.2, 0.25) is 9.84 Å². The topological polar surface area (TPSA) is 91.7 Å². The Morgan fingerprint density at radius 1 is 1.00 bits per heavy atom. The normalized spacial score (nSPS) is 11.2. The quantitative estimate of drug-likeness (QED) is 0.908. The number of halogens is 1. The lowest BCUT2D eigenvalue weighted by atomic mass is 10.2. The van der Waals surface area contributed by atoms with Gasteiger partial charge in [0, 0.05) is 5.02 Å². The largest absolute Gasteiger partial charge is 0.507 e. The Balaban J connectivity index is 2.58. The second-order valence-electron chi connectivity index (χ2n) is 3.94. The van der Waals surface area contributed by atoms with Crippen molar-refractivity contribution < 1.29 is 23.4 Å². The summed E-state index contributed by atoms with van der Waals surface area (Å²) in [4.78, 5) is 10.7. The number of hydrogen-bond donors (Lipinski definition) is 2. The van der Waals surface area contributed by atoms with Gasteiger partial charge in [-0.25, -0.2) is 13.2 Å².